The molecule has 0 aromatic rings. The van der Waals surface area contributed by atoms with Crippen LogP contribution in [0.15, 0.2) is 0 Å². The fraction of sp³-hybridized carbons (Fsp3) is 0.846. The summed E-state index contributed by atoms with van der Waals surface area (Å²) in [6.45, 7) is 10.5. The summed E-state index contributed by atoms with van der Waals surface area (Å²) in [5.41, 5.74) is -0.0111. The highest BCUT2D eigenvalue weighted by Gasteiger charge is 2.24. The number of hydrogen-bond donors (Lipinski definition) is 2. The predicted molar refractivity (Wildman–Crippen MR) is 71.5 cm³/mol. The Labute approximate surface area is 110 Å². The first kappa shape index (κ1) is 16.7. The van der Waals surface area contributed by atoms with E-state index in [4.69, 9.17) is 5.11 Å². The molecule has 0 aliphatic rings. The molecule has 0 aromatic heterocycles. The zero-order valence-electron chi connectivity index (χ0n) is 12.3. The van der Waals surface area contributed by atoms with Crippen LogP contribution in [-0.2, 0) is 4.79 Å². The van der Waals surface area contributed by atoms with Crippen LogP contribution < -0.4 is 5.32 Å². The van der Waals surface area contributed by atoms with Crippen molar-refractivity contribution in [3.8, 4) is 0 Å². The van der Waals surface area contributed by atoms with Crippen molar-refractivity contribution in [3.63, 3.8) is 0 Å². The van der Waals surface area contributed by atoms with Crippen molar-refractivity contribution in [1.29, 1.82) is 0 Å². The molecule has 0 aromatic carbocycles. The van der Waals surface area contributed by atoms with E-state index in [1.807, 2.05) is 34.6 Å². The Hall–Kier alpha value is -1.26. The zero-order valence-corrected chi connectivity index (χ0v) is 12.3. The van der Waals surface area contributed by atoms with Gasteiger partial charge in [-0.2, -0.15) is 0 Å². The molecule has 18 heavy (non-hydrogen) atoms. The Bertz CT molecular complexity index is 295. The standard InChI is InChI=1S/C13H26N2O3/c1-9(2)7-10(11(16)17)14-12(18)15(6)8-13(3,4)5/h9-10H,7-8H2,1-6H3,(H,14,18)(H,16,17). The zero-order chi connectivity index (χ0) is 14.5. The van der Waals surface area contributed by atoms with Crippen molar-refractivity contribution < 1.29 is 14.7 Å². The maximum Gasteiger partial charge on any atom is 0.326 e. The first-order chi connectivity index (χ1) is 8.03. The SMILES string of the molecule is CC(C)CC(NC(=O)N(C)CC(C)(C)C)C(=O)O. The van der Waals surface area contributed by atoms with E-state index in [9.17, 15) is 9.59 Å². The maximum absolute atomic E-state index is 11.9. The van der Waals surface area contributed by atoms with E-state index in [0.717, 1.165) is 0 Å². The van der Waals surface area contributed by atoms with Crippen LogP contribution in [0.3, 0.4) is 0 Å². The highest BCUT2D eigenvalue weighted by Crippen LogP contribution is 2.14. The molecule has 106 valence electrons. The van der Waals surface area contributed by atoms with Gasteiger partial charge in [0.2, 0.25) is 0 Å². The fourth-order valence-electron chi connectivity index (χ4n) is 1.74. The van der Waals surface area contributed by atoms with Crippen molar-refractivity contribution in [2.75, 3.05) is 13.6 Å². The second-order valence-corrected chi connectivity index (χ2v) is 6.39. The second kappa shape index (κ2) is 6.61. The molecular weight excluding hydrogens is 232 g/mol. The molecule has 5 nitrogen and oxygen atoms in total. The largest absolute Gasteiger partial charge is 0.480 e. The van der Waals surface area contributed by atoms with Gasteiger partial charge in [0, 0.05) is 13.6 Å². The number of aliphatic carboxylic acids is 1. The summed E-state index contributed by atoms with van der Waals surface area (Å²) in [6.07, 6.45) is 0.435. The van der Waals surface area contributed by atoms with Crippen molar-refractivity contribution in [3.05, 3.63) is 0 Å². The van der Waals surface area contributed by atoms with E-state index in [-0.39, 0.29) is 17.4 Å². The molecule has 0 bridgehead atoms. The van der Waals surface area contributed by atoms with Gasteiger partial charge in [0.25, 0.3) is 0 Å². The normalized spacial score (nSPS) is 13.3. The van der Waals surface area contributed by atoms with Crippen LogP contribution in [0.25, 0.3) is 0 Å². The molecule has 0 rings (SSSR count). The van der Waals surface area contributed by atoms with Crippen LogP contribution >= 0.6 is 0 Å². The summed E-state index contributed by atoms with van der Waals surface area (Å²) >= 11 is 0. The minimum Gasteiger partial charge on any atom is -0.480 e. The van der Waals surface area contributed by atoms with Crippen molar-refractivity contribution in [2.45, 2.75) is 47.1 Å². The number of amides is 2. The quantitative estimate of drug-likeness (QED) is 0.794. The number of carboxylic acids is 1. The lowest BCUT2D eigenvalue weighted by Crippen LogP contribution is -2.48. The van der Waals surface area contributed by atoms with Gasteiger partial charge in [0.1, 0.15) is 6.04 Å². The average Bonchev–Trinajstić information content (AvgIpc) is 2.12. The summed E-state index contributed by atoms with van der Waals surface area (Å²) in [7, 11) is 1.68. The molecule has 0 heterocycles. The number of rotatable bonds is 5. The molecule has 1 unspecified atom stereocenters. The van der Waals surface area contributed by atoms with Crippen LogP contribution in [0.1, 0.15) is 41.0 Å². The van der Waals surface area contributed by atoms with E-state index in [1.54, 1.807) is 7.05 Å². The fourth-order valence-corrected chi connectivity index (χ4v) is 1.74. The summed E-state index contributed by atoms with van der Waals surface area (Å²) < 4.78 is 0. The summed E-state index contributed by atoms with van der Waals surface area (Å²) in [5, 5.41) is 11.6. The van der Waals surface area contributed by atoms with Gasteiger partial charge in [-0.25, -0.2) is 9.59 Å². The molecule has 0 aliphatic heterocycles. The van der Waals surface area contributed by atoms with Crippen LogP contribution in [0, 0.1) is 11.3 Å². The topological polar surface area (TPSA) is 69.6 Å². The number of carbonyl (C=O) groups is 2. The Morgan fingerprint density at radius 3 is 2.11 bits per heavy atom. The molecule has 1 atom stereocenters. The van der Waals surface area contributed by atoms with Gasteiger partial charge >= 0.3 is 12.0 Å². The van der Waals surface area contributed by atoms with Gasteiger partial charge in [0.15, 0.2) is 0 Å². The number of hydrogen-bond acceptors (Lipinski definition) is 2. The van der Waals surface area contributed by atoms with Crippen LogP contribution in [0.5, 0.6) is 0 Å². The number of nitrogens with zero attached hydrogens (tertiary/aromatic N) is 1. The highest BCUT2D eigenvalue weighted by molar-refractivity contribution is 5.82. The molecule has 2 amide bonds. The highest BCUT2D eigenvalue weighted by atomic mass is 16.4. The molecule has 0 saturated heterocycles. The lowest BCUT2D eigenvalue weighted by atomic mass is 9.96. The van der Waals surface area contributed by atoms with E-state index < -0.39 is 12.0 Å². The minimum atomic E-state index is -0.985. The molecule has 0 fully saturated rings. The van der Waals surface area contributed by atoms with Crippen molar-refractivity contribution >= 4 is 12.0 Å². The molecule has 5 heteroatoms. The lowest BCUT2D eigenvalue weighted by Gasteiger charge is -2.28. The lowest BCUT2D eigenvalue weighted by molar-refractivity contribution is -0.139. The van der Waals surface area contributed by atoms with Crippen molar-refractivity contribution in [2.24, 2.45) is 11.3 Å². The number of nitrogens with one attached hydrogen (secondary N) is 1. The Kier molecular flexibility index (Phi) is 6.15. The Morgan fingerprint density at radius 2 is 1.78 bits per heavy atom. The van der Waals surface area contributed by atoms with Gasteiger partial charge in [-0.15, -0.1) is 0 Å². The first-order valence-corrected chi connectivity index (χ1v) is 6.27. The van der Waals surface area contributed by atoms with Crippen molar-refractivity contribution in [1.82, 2.24) is 10.2 Å². The van der Waals surface area contributed by atoms with Gasteiger partial charge < -0.3 is 15.3 Å². The number of carbonyl (C=O) groups excluding carboxylic acids is 1. The van der Waals surface area contributed by atoms with Gasteiger partial charge in [0.05, 0.1) is 0 Å². The molecular formula is C13H26N2O3. The monoisotopic (exact) mass is 258 g/mol. The summed E-state index contributed by atoms with van der Waals surface area (Å²) in [4.78, 5) is 24.4. The van der Waals surface area contributed by atoms with E-state index >= 15 is 0 Å². The number of urea groups is 1. The molecule has 0 aliphatic carbocycles. The summed E-state index contributed by atoms with van der Waals surface area (Å²) in [5.74, 6) is -0.763. The van der Waals surface area contributed by atoms with Gasteiger partial charge in [-0.05, 0) is 17.8 Å². The van der Waals surface area contributed by atoms with Crippen LogP contribution in [-0.4, -0.2) is 41.6 Å². The summed E-state index contributed by atoms with van der Waals surface area (Å²) in [6, 6.07) is -1.15. The number of carboxylic acid groups (broad SMARTS) is 1. The van der Waals surface area contributed by atoms with Gasteiger partial charge in [-0.1, -0.05) is 34.6 Å². The smallest absolute Gasteiger partial charge is 0.326 e. The maximum atomic E-state index is 11.9. The first-order valence-electron chi connectivity index (χ1n) is 6.27. The third kappa shape index (κ3) is 7.14. The molecule has 0 saturated carbocycles. The van der Waals surface area contributed by atoms with E-state index in [0.29, 0.717) is 13.0 Å². The third-order valence-corrected chi connectivity index (χ3v) is 2.36. The molecule has 0 radical (unpaired) electrons. The Balaban J connectivity index is 4.46. The van der Waals surface area contributed by atoms with Crippen LogP contribution in [0.2, 0.25) is 0 Å². The van der Waals surface area contributed by atoms with Gasteiger partial charge in [-0.3, -0.25) is 0 Å². The molecule has 0 spiro atoms. The van der Waals surface area contributed by atoms with E-state index in [2.05, 4.69) is 5.32 Å². The molecule has 2 N–H and O–H groups in total. The third-order valence-electron chi connectivity index (χ3n) is 2.36. The Morgan fingerprint density at radius 1 is 1.28 bits per heavy atom. The predicted octanol–water partition coefficient (Wildman–Crippen LogP) is 2.17. The average molecular weight is 258 g/mol. The minimum absolute atomic E-state index is 0.0111. The second-order valence-electron chi connectivity index (χ2n) is 6.39. The van der Waals surface area contributed by atoms with Crippen LogP contribution in [0.4, 0.5) is 4.79 Å². The van der Waals surface area contributed by atoms with E-state index in [1.165, 1.54) is 4.90 Å².